The van der Waals surface area contributed by atoms with E-state index in [2.05, 4.69) is 11.9 Å². The van der Waals surface area contributed by atoms with Crippen molar-refractivity contribution in [2.75, 3.05) is 20.0 Å². The van der Waals surface area contributed by atoms with E-state index in [1.807, 2.05) is 16.7 Å². The molecule has 18 heavy (non-hydrogen) atoms. The molecule has 1 heterocycles. The van der Waals surface area contributed by atoms with Crippen LogP contribution in [0.25, 0.3) is 11.0 Å². The maximum atomic E-state index is 5.95. The lowest BCUT2D eigenvalue weighted by atomic mass is 10.2. The minimum absolute atomic E-state index is 0.536. The first-order chi connectivity index (χ1) is 8.71. The van der Waals surface area contributed by atoms with Crippen LogP contribution in [-0.4, -0.2) is 23.8 Å². The van der Waals surface area contributed by atoms with Gasteiger partial charge in [-0.1, -0.05) is 13.3 Å². The van der Waals surface area contributed by atoms with Crippen LogP contribution in [-0.2, 0) is 6.54 Å². The van der Waals surface area contributed by atoms with Gasteiger partial charge in [0.25, 0.3) is 0 Å². The molecule has 0 spiro atoms. The summed E-state index contributed by atoms with van der Waals surface area (Å²) in [6.07, 6.45) is 2.19. The van der Waals surface area contributed by atoms with Crippen molar-refractivity contribution >= 4 is 17.0 Å². The molecule has 2 rings (SSSR count). The second kappa shape index (κ2) is 5.16. The molecular weight excluding hydrogens is 230 g/mol. The summed E-state index contributed by atoms with van der Waals surface area (Å²) in [5, 5.41) is 0. The molecule has 0 radical (unpaired) electrons. The summed E-state index contributed by atoms with van der Waals surface area (Å²) in [7, 11) is 3.24. The highest BCUT2D eigenvalue weighted by atomic mass is 16.5. The lowest BCUT2D eigenvalue weighted by Crippen LogP contribution is -2.03. The second-order valence-corrected chi connectivity index (χ2v) is 4.17. The average molecular weight is 249 g/mol. The number of hydrogen-bond donors (Lipinski definition) is 1. The molecule has 0 aliphatic heterocycles. The number of nitrogen functional groups attached to an aromatic ring is 1. The predicted octanol–water partition coefficient (Wildman–Crippen LogP) is 2.44. The number of hydrogen-bond acceptors (Lipinski definition) is 4. The molecule has 5 heteroatoms. The molecule has 1 aromatic carbocycles. The Kier molecular flexibility index (Phi) is 3.60. The van der Waals surface area contributed by atoms with Crippen LogP contribution < -0.4 is 15.2 Å². The molecule has 98 valence electrons. The lowest BCUT2D eigenvalue weighted by Gasteiger charge is -2.09. The third-order valence-corrected chi connectivity index (χ3v) is 3.02. The highest BCUT2D eigenvalue weighted by Crippen LogP contribution is 2.32. The fraction of sp³-hybridized carbons (Fsp3) is 0.462. The van der Waals surface area contributed by atoms with Crippen molar-refractivity contribution in [2.24, 2.45) is 0 Å². The quantitative estimate of drug-likeness (QED) is 0.884. The van der Waals surface area contributed by atoms with Crippen LogP contribution >= 0.6 is 0 Å². The van der Waals surface area contributed by atoms with E-state index in [1.165, 1.54) is 0 Å². The maximum Gasteiger partial charge on any atom is 0.201 e. The van der Waals surface area contributed by atoms with Gasteiger partial charge in [0.05, 0.1) is 25.3 Å². The number of fused-ring (bicyclic) bond motifs is 1. The molecular formula is C13H19N3O2. The molecule has 2 N–H and O–H groups in total. The zero-order chi connectivity index (χ0) is 13.1. The Bertz CT molecular complexity index is 549. The molecule has 0 aliphatic rings. The number of nitrogens with zero attached hydrogens (tertiary/aromatic N) is 2. The summed E-state index contributed by atoms with van der Waals surface area (Å²) in [5.74, 6) is 1.90. The van der Waals surface area contributed by atoms with E-state index in [9.17, 15) is 0 Å². The van der Waals surface area contributed by atoms with E-state index in [1.54, 1.807) is 14.2 Å². The molecule has 0 unspecified atom stereocenters. The van der Waals surface area contributed by atoms with Gasteiger partial charge in [-0.3, -0.25) is 0 Å². The average Bonchev–Trinajstić information content (AvgIpc) is 2.69. The molecule has 0 amide bonds. The summed E-state index contributed by atoms with van der Waals surface area (Å²) < 4.78 is 12.6. The largest absolute Gasteiger partial charge is 0.493 e. The van der Waals surface area contributed by atoms with Gasteiger partial charge < -0.3 is 19.8 Å². The summed E-state index contributed by atoms with van der Waals surface area (Å²) in [6, 6.07) is 3.78. The van der Waals surface area contributed by atoms with Crippen molar-refractivity contribution in [3.05, 3.63) is 12.1 Å². The number of anilines is 1. The van der Waals surface area contributed by atoms with Crippen LogP contribution in [0.4, 0.5) is 5.95 Å². The van der Waals surface area contributed by atoms with Crippen molar-refractivity contribution in [3.63, 3.8) is 0 Å². The molecule has 0 saturated heterocycles. The van der Waals surface area contributed by atoms with Crippen LogP contribution in [0.3, 0.4) is 0 Å². The monoisotopic (exact) mass is 249 g/mol. The molecule has 0 bridgehead atoms. The Morgan fingerprint density at radius 2 is 1.89 bits per heavy atom. The predicted molar refractivity (Wildman–Crippen MR) is 72.2 cm³/mol. The van der Waals surface area contributed by atoms with Crippen molar-refractivity contribution in [2.45, 2.75) is 26.3 Å². The van der Waals surface area contributed by atoms with Crippen molar-refractivity contribution in [3.8, 4) is 11.5 Å². The summed E-state index contributed by atoms with van der Waals surface area (Å²) >= 11 is 0. The van der Waals surface area contributed by atoms with Gasteiger partial charge in [-0.05, 0) is 6.42 Å². The van der Waals surface area contributed by atoms with Crippen molar-refractivity contribution < 1.29 is 9.47 Å². The zero-order valence-corrected chi connectivity index (χ0v) is 11.1. The van der Waals surface area contributed by atoms with Gasteiger partial charge in [0, 0.05) is 18.7 Å². The fourth-order valence-corrected chi connectivity index (χ4v) is 2.02. The van der Waals surface area contributed by atoms with Gasteiger partial charge in [0.15, 0.2) is 11.5 Å². The van der Waals surface area contributed by atoms with E-state index >= 15 is 0 Å². The highest BCUT2D eigenvalue weighted by Gasteiger charge is 2.13. The van der Waals surface area contributed by atoms with Gasteiger partial charge >= 0.3 is 0 Å². The first kappa shape index (κ1) is 12.5. The van der Waals surface area contributed by atoms with E-state index in [-0.39, 0.29) is 0 Å². The van der Waals surface area contributed by atoms with Gasteiger partial charge in [0.2, 0.25) is 5.95 Å². The third-order valence-electron chi connectivity index (χ3n) is 3.02. The first-order valence-corrected chi connectivity index (χ1v) is 6.09. The Morgan fingerprint density at radius 1 is 1.22 bits per heavy atom. The number of imidazole rings is 1. The molecule has 0 atom stereocenters. The number of nitrogens with two attached hydrogens (primary N) is 1. The number of rotatable bonds is 5. The standard InChI is InChI=1S/C13H19N3O2/c1-4-5-6-16-10-8-12(18-3)11(17-2)7-9(10)15-13(16)14/h7-8H,4-6H2,1-3H3,(H2,14,15). The molecule has 0 fully saturated rings. The van der Waals surface area contributed by atoms with Gasteiger partial charge in [-0.15, -0.1) is 0 Å². The van der Waals surface area contributed by atoms with Crippen LogP contribution in [0, 0.1) is 0 Å². The summed E-state index contributed by atoms with van der Waals surface area (Å²) in [4.78, 5) is 4.36. The molecule has 5 nitrogen and oxygen atoms in total. The Balaban J connectivity index is 2.55. The van der Waals surface area contributed by atoms with Gasteiger partial charge in [0.1, 0.15) is 0 Å². The second-order valence-electron chi connectivity index (χ2n) is 4.17. The molecule has 0 aliphatic carbocycles. The van der Waals surface area contributed by atoms with Crippen LogP contribution in [0.1, 0.15) is 19.8 Å². The number of aryl methyl sites for hydroxylation is 1. The zero-order valence-electron chi connectivity index (χ0n) is 11.1. The lowest BCUT2D eigenvalue weighted by molar-refractivity contribution is 0.355. The number of benzene rings is 1. The van der Waals surface area contributed by atoms with E-state index < -0.39 is 0 Å². The maximum absolute atomic E-state index is 5.95. The molecule has 0 saturated carbocycles. The highest BCUT2D eigenvalue weighted by molar-refractivity contribution is 5.82. The van der Waals surface area contributed by atoms with E-state index in [4.69, 9.17) is 15.2 Å². The number of ether oxygens (including phenoxy) is 2. The third kappa shape index (κ3) is 2.08. The number of unbranched alkanes of at least 4 members (excludes halogenated alkanes) is 1. The van der Waals surface area contributed by atoms with Crippen molar-refractivity contribution in [1.82, 2.24) is 9.55 Å². The van der Waals surface area contributed by atoms with Gasteiger partial charge in [-0.2, -0.15) is 0 Å². The van der Waals surface area contributed by atoms with Gasteiger partial charge in [-0.25, -0.2) is 4.98 Å². The van der Waals surface area contributed by atoms with Crippen LogP contribution in [0.15, 0.2) is 12.1 Å². The first-order valence-electron chi connectivity index (χ1n) is 6.09. The summed E-state index contributed by atoms with van der Waals surface area (Å²) in [5.41, 5.74) is 7.77. The van der Waals surface area contributed by atoms with E-state index in [0.717, 1.165) is 30.4 Å². The van der Waals surface area contributed by atoms with E-state index in [0.29, 0.717) is 17.4 Å². The topological polar surface area (TPSA) is 62.3 Å². The number of methoxy groups -OCH3 is 2. The Morgan fingerprint density at radius 3 is 2.50 bits per heavy atom. The molecule has 1 aromatic heterocycles. The SMILES string of the molecule is CCCCn1c(N)nc2cc(OC)c(OC)cc21. The van der Waals surface area contributed by atoms with Crippen molar-refractivity contribution in [1.29, 1.82) is 0 Å². The number of aromatic nitrogens is 2. The molecule has 2 aromatic rings. The smallest absolute Gasteiger partial charge is 0.201 e. The minimum Gasteiger partial charge on any atom is -0.493 e. The van der Waals surface area contributed by atoms with Crippen LogP contribution in [0.5, 0.6) is 11.5 Å². The fourth-order valence-electron chi connectivity index (χ4n) is 2.02. The summed E-state index contributed by atoms with van der Waals surface area (Å²) in [6.45, 7) is 3.02. The Hall–Kier alpha value is -1.91. The minimum atomic E-state index is 0.536. The van der Waals surface area contributed by atoms with Crippen LogP contribution in [0.2, 0.25) is 0 Å². The Labute approximate surface area is 107 Å². The normalized spacial score (nSPS) is 10.8.